The van der Waals surface area contributed by atoms with Crippen molar-refractivity contribution in [2.45, 2.75) is 18.6 Å². The van der Waals surface area contributed by atoms with Crippen molar-refractivity contribution in [1.29, 1.82) is 0 Å². The van der Waals surface area contributed by atoms with Crippen molar-refractivity contribution in [3.05, 3.63) is 34.4 Å². The van der Waals surface area contributed by atoms with Gasteiger partial charge in [0.15, 0.2) is 0 Å². The number of aliphatic hydroxyl groups excluding tert-OH is 2. The van der Waals surface area contributed by atoms with Gasteiger partial charge in [-0.25, -0.2) is 4.90 Å². The molecule has 2 N–H and O–H groups in total. The zero-order valence-corrected chi connectivity index (χ0v) is 11.9. The molecule has 0 radical (unpaired) electrons. The summed E-state index contributed by atoms with van der Waals surface area (Å²) in [5.74, 6) is -3.05. The Bertz CT molecular complexity index is 702. The van der Waals surface area contributed by atoms with Gasteiger partial charge in [-0.15, -0.1) is 0 Å². The van der Waals surface area contributed by atoms with E-state index in [0.717, 1.165) is 4.90 Å². The normalized spacial score (nSPS) is 38.3. The topological polar surface area (TPSA) is 121 Å². The fourth-order valence-electron chi connectivity index (χ4n) is 4.43. The highest BCUT2D eigenvalue weighted by atomic mass is 16.6. The van der Waals surface area contributed by atoms with Crippen molar-refractivity contribution >= 4 is 23.2 Å². The molecule has 0 unspecified atom stereocenters. The number of rotatable bonds is 2. The highest BCUT2D eigenvalue weighted by Crippen LogP contribution is 2.56. The molecule has 6 atom stereocenters. The first-order valence-corrected chi connectivity index (χ1v) is 7.40. The van der Waals surface area contributed by atoms with Gasteiger partial charge in [0.25, 0.3) is 5.69 Å². The van der Waals surface area contributed by atoms with Crippen molar-refractivity contribution < 1.29 is 24.7 Å². The zero-order valence-electron chi connectivity index (χ0n) is 11.9. The number of amides is 2. The molecule has 23 heavy (non-hydrogen) atoms. The van der Waals surface area contributed by atoms with Crippen molar-refractivity contribution in [2.75, 3.05) is 4.90 Å². The summed E-state index contributed by atoms with van der Waals surface area (Å²) in [6.45, 7) is 0. The molecule has 1 aliphatic heterocycles. The molecule has 2 saturated carbocycles. The van der Waals surface area contributed by atoms with Gasteiger partial charge in [-0.1, -0.05) is 6.07 Å². The molecule has 0 aromatic heterocycles. The van der Waals surface area contributed by atoms with Crippen molar-refractivity contribution in [2.24, 2.45) is 23.7 Å². The lowest BCUT2D eigenvalue weighted by molar-refractivity contribution is -0.384. The lowest BCUT2D eigenvalue weighted by Gasteiger charge is -2.29. The number of nitrogens with zero attached hydrogens (tertiary/aromatic N) is 2. The third kappa shape index (κ3) is 1.73. The number of nitro groups is 1. The number of carbonyl (C=O) groups excluding carboxylic acids is 2. The standard InChI is InChI=1S/C15H14N2O6/c18-12-8-5-9(13(12)19)11-10(8)14(20)16(15(11)21)6-2-1-3-7(4-6)17(22)23/h1-4,8-13,18-19H,5H2/t8-,9+,10-,11-,12+,13-/m0/s1. The summed E-state index contributed by atoms with van der Waals surface area (Å²) in [5.41, 5.74) is -0.0461. The van der Waals surface area contributed by atoms with Gasteiger partial charge in [-0.05, 0) is 12.5 Å². The van der Waals surface area contributed by atoms with Crippen LogP contribution >= 0.6 is 0 Å². The Hall–Kier alpha value is -2.32. The largest absolute Gasteiger partial charge is 0.390 e. The van der Waals surface area contributed by atoms with Crippen LogP contribution in [0, 0.1) is 33.8 Å². The van der Waals surface area contributed by atoms with Gasteiger partial charge in [0, 0.05) is 24.0 Å². The number of imide groups is 1. The smallest absolute Gasteiger partial charge is 0.271 e. The van der Waals surface area contributed by atoms with Gasteiger partial charge in [-0.2, -0.15) is 0 Å². The third-order valence-electron chi connectivity index (χ3n) is 5.39. The first-order valence-electron chi connectivity index (χ1n) is 7.40. The predicted molar refractivity (Wildman–Crippen MR) is 76.2 cm³/mol. The molecule has 4 rings (SSSR count). The first kappa shape index (κ1) is 14.3. The molecule has 1 heterocycles. The number of fused-ring (bicyclic) bond motifs is 5. The van der Waals surface area contributed by atoms with E-state index in [4.69, 9.17) is 0 Å². The maximum absolute atomic E-state index is 12.7. The van der Waals surface area contributed by atoms with Crippen LogP contribution in [0.4, 0.5) is 11.4 Å². The van der Waals surface area contributed by atoms with Crippen LogP contribution in [0.5, 0.6) is 0 Å². The Morgan fingerprint density at radius 1 is 1.09 bits per heavy atom. The minimum Gasteiger partial charge on any atom is -0.390 e. The second-order valence-corrected chi connectivity index (χ2v) is 6.39. The summed E-state index contributed by atoms with van der Waals surface area (Å²) in [6.07, 6.45) is -1.54. The first-order chi connectivity index (χ1) is 10.9. The van der Waals surface area contributed by atoms with Crippen molar-refractivity contribution in [3.63, 3.8) is 0 Å². The van der Waals surface area contributed by atoms with Crippen LogP contribution in [0.3, 0.4) is 0 Å². The quantitative estimate of drug-likeness (QED) is 0.452. The van der Waals surface area contributed by atoms with E-state index in [1.165, 1.54) is 24.3 Å². The van der Waals surface area contributed by atoms with Crippen LogP contribution in [0.2, 0.25) is 0 Å². The monoisotopic (exact) mass is 318 g/mol. The summed E-state index contributed by atoms with van der Waals surface area (Å²) >= 11 is 0. The predicted octanol–water partition coefficient (Wildman–Crippen LogP) is 0.0719. The number of benzene rings is 1. The van der Waals surface area contributed by atoms with Gasteiger partial charge in [0.1, 0.15) is 0 Å². The van der Waals surface area contributed by atoms with Gasteiger partial charge < -0.3 is 10.2 Å². The molecule has 2 amide bonds. The molecule has 0 spiro atoms. The molecule has 3 aliphatic rings. The lowest BCUT2D eigenvalue weighted by atomic mass is 9.78. The van der Waals surface area contributed by atoms with Crippen LogP contribution < -0.4 is 4.90 Å². The number of carbonyl (C=O) groups is 2. The van der Waals surface area contributed by atoms with Crippen molar-refractivity contribution in [3.8, 4) is 0 Å². The van der Waals surface area contributed by atoms with Crippen molar-refractivity contribution in [1.82, 2.24) is 0 Å². The second kappa shape index (κ2) is 4.59. The minimum atomic E-state index is -0.997. The zero-order chi connectivity index (χ0) is 16.5. The van der Waals surface area contributed by atoms with E-state index in [1.807, 2.05) is 0 Å². The number of non-ortho nitro benzene ring substituents is 1. The van der Waals surface area contributed by atoms with Crippen LogP contribution in [0.1, 0.15) is 6.42 Å². The van der Waals surface area contributed by atoms with Crippen LogP contribution in [0.15, 0.2) is 24.3 Å². The fourth-order valence-corrected chi connectivity index (χ4v) is 4.43. The van der Waals surface area contributed by atoms with E-state index >= 15 is 0 Å². The summed E-state index contributed by atoms with van der Waals surface area (Å²) < 4.78 is 0. The second-order valence-electron chi connectivity index (χ2n) is 6.39. The summed E-state index contributed by atoms with van der Waals surface area (Å²) in [6, 6.07) is 5.36. The number of hydrogen-bond donors (Lipinski definition) is 2. The summed E-state index contributed by atoms with van der Waals surface area (Å²) in [7, 11) is 0. The summed E-state index contributed by atoms with van der Waals surface area (Å²) in [5, 5.41) is 30.9. The number of anilines is 1. The highest BCUT2D eigenvalue weighted by molar-refractivity contribution is 6.22. The molecular weight excluding hydrogens is 304 g/mol. The molecule has 8 nitrogen and oxygen atoms in total. The van der Waals surface area contributed by atoms with E-state index in [-0.39, 0.29) is 11.4 Å². The molecular formula is C15H14N2O6. The minimum absolute atomic E-state index is 0.159. The average molecular weight is 318 g/mol. The maximum atomic E-state index is 12.7. The fraction of sp³-hybridized carbons (Fsp3) is 0.467. The highest BCUT2D eigenvalue weighted by Gasteiger charge is 2.67. The Labute approximate surface area is 130 Å². The Kier molecular flexibility index (Phi) is 2.85. The molecule has 2 bridgehead atoms. The van der Waals surface area contributed by atoms with E-state index < -0.39 is 52.6 Å². The molecule has 120 valence electrons. The summed E-state index contributed by atoms with van der Waals surface area (Å²) in [4.78, 5) is 36.6. The lowest BCUT2D eigenvalue weighted by Crippen LogP contribution is -2.43. The molecule has 2 aliphatic carbocycles. The number of aliphatic hydroxyl groups is 2. The van der Waals surface area contributed by atoms with Gasteiger partial charge in [0.2, 0.25) is 11.8 Å². The van der Waals surface area contributed by atoms with Gasteiger partial charge >= 0.3 is 0 Å². The Morgan fingerprint density at radius 2 is 1.65 bits per heavy atom. The molecule has 1 aromatic carbocycles. The molecule has 1 aromatic rings. The van der Waals surface area contributed by atoms with Gasteiger partial charge in [-0.3, -0.25) is 19.7 Å². The maximum Gasteiger partial charge on any atom is 0.271 e. The Balaban J connectivity index is 1.73. The van der Waals surface area contributed by atoms with E-state index in [1.54, 1.807) is 0 Å². The van der Waals surface area contributed by atoms with E-state index in [2.05, 4.69) is 0 Å². The van der Waals surface area contributed by atoms with E-state index in [9.17, 15) is 29.9 Å². The Morgan fingerprint density at radius 3 is 2.17 bits per heavy atom. The number of hydrogen-bond acceptors (Lipinski definition) is 6. The third-order valence-corrected chi connectivity index (χ3v) is 5.39. The average Bonchev–Trinajstić information content (AvgIpc) is 3.12. The van der Waals surface area contributed by atoms with E-state index in [0.29, 0.717) is 6.42 Å². The van der Waals surface area contributed by atoms with Crippen LogP contribution in [-0.4, -0.2) is 39.2 Å². The van der Waals surface area contributed by atoms with Gasteiger partial charge in [0.05, 0.1) is 34.7 Å². The molecule has 8 heteroatoms. The SMILES string of the molecule is O=C1[C@H]2[C@@H]3C[C@@H]([C@H](O)[C@@H]3O)[C@@H]2C(=O)N1c1cccc([N+](=O)[O-])c1. The molecule has 1 saturated heterocycles. The van der Waals surface area contributed by atoms with Crippen LogP contribution in [0.25, 0.3) is 0 Å². The van der Waals surface area contributed by atoms with Crippen LogP contribution in [-0.2, 0) is 9.59 Å². The number of nitro benzene ring substituents is 1. The molecule has 3 fully saturated rings.